The molecule has 108 valence electrons. The Balaban J connectivity index is 1.86. The zero-order chi connectivity index (χ0) is 15.2. The van der Waals surface area contributed by atoms with Crippen molar-refractivity contribution in [3.63, 3.8) is 0 Å². The third-order valence-electron chi connectivity index (χ3n) is 2.75. The number of primary amides is 1. The highest BCUT2D eigenvalue weighted by Crippen LogP contribution is 2.14. The van der Waals surface area contributed by atoms with E-state index < -0.39 is 5.91 Å². The van der Waals surface area contributed by atoms with Crippen LogP contribution in [0.4, 0.5) is 11.4 Å². The fourth-order valence-electron chi connectivity index (χ4n) is 1.67. The molecule has 0 aliphatic carbocycles. The predicted molar refractivity (Wildman–Crippen MR) is 86.2 cm³/mol. The number of hydrogen-bond acceptors (Lipinski definition) is 3. The van der Waals surface area contributed by atoms with Gasteiger partial charge in [0.1, 0.15) is 0 Å². The minimum absolute atomic E-state index is 0.131. The first-order chi connectivity index (χ1) is 10.0. The number of rotatable bonds is 5. The van der Waals surface area contributed by atoms with E-state index in [1.165, 1.54) is 0 Å². The Morgan fingerprint density at radius 3 is 2.10 bits per heavy atom. The summed E-state index contributed by atoms with van der Waals surface area (Å²) in [5.74, 6) is -0.633. The van der Waals surface area contributed by atoms with Gasteiger partial charge in [0, 0.05) is 21.4 Å². The molecule has 0 saturated heterocycles. The minimum Gasteiger partial charge on any atom is -0.376 e. The van der Waals surface area contributed by atoms with Crippen molar-refractivity contribution in [2.45, 2.75) is 0 Å². The number of carbonyl (C=O) groups is 2. The van der Waals surface area contributed by atoms with Crippen molar-refractivity contribution in [1.82, 2.24) is 0 Å². The third-order valence-corrected chi connectivity index (χ3v) is 3.28. The molecule has 0 aliphatic heterocycles. The van der Waals surface area contributed by atoms with Gasteiger partial charge in [0.05, 0.1) is 6.54 Å². The molecule has 0 aromatic heterocycles. The second-order valence-corrected chi connectivity index (χ2v) is 5.27. The predicted octanol–water partition coefficient (Wildman–Crippen LogP) is 2.60. The quantitative estimate of drug-likeness (QED) is 0.777. The molecular weight excluding hydrogens is 334 g/mol. The fraction of sp³-hybridized carbons (Fsp3) is 0.0667. The normalized spacial score (nSPS) is 9.95. The summed E-state index contributed by atoms with van der Waals surface area (Å²) in [5, 5.41) is 5.74. The highest BCUT2D eigenvalue weighted by molar-refractivity contribution is 9.10. The third kappa shape index (κ3) is 4.61. The Hall–Kier alpha value is -2.34. The van der Waals surface area contributed by atoms with Crippen LogP contribution in [0.1, 0.15) is 10.4 Å². The topological polar surface area (TPSA) is 84.2 Å². The molecule has 2 amide bonds. The van der Waals surface area contributed by atoms with Crippen LogP contribution in [0.25, 0.3) is 0 Å². The maximum atomic E-state index is 11.8. The average molecular weight is 348 g/mol. The number of anilines is 2. The van der Waals surface area contributed by atoms with Crippen LogP contribution >= 0.6 is 15.9 Å². The first-order valence-electron chi connectivity index (χ1n) is 6.24. The van der Waals surface area contributed by atoms with Gasteiger partial charge in [-0.15, -0.1) is 0 Å². The van der Waals surface area contributed by atoms with Crippen molar-refractivity contribution in [3.05, 3.63) is 58.6 Å². The molecule has 0 atom stereocenters. The number of benzene rings is 2. The number of amides is 2. The van der Waals surface area contributed by atoms with Gasteiger partial charge in [0.15, 0.2) is 0 Å². The van der Waals surface area contributed by atoms with E-state index >= 15 is 0 Å². The summed E-state index contributed by atoms with van der Waals surface area (Å²) in [6, 6.07) is 13.9. The highest BCUT2D eigenvalue weighted by atomic mass is 79.9. The van der Waals surface area contributed by atoms with Crippen LogP contribution in [0.15, 0.2) is 53.0 Å². The van der Waals surface area contributed by atoms with Crippen LogP contribution in [-0.4, -0.2) is 18.4 Å². The van der Waals surface area contributed by atoms with E-state index in [2.05, 4.69) is 26.6 Å². The Bertz CT molecular complexity index is 639. The summed E-state index contributed by atoms with van der Waals surface area (Å²) in [6.07, 6.45) is 0. The van der Waals surface area contributed by atoms with Crippen LogP contribution in [0.2, 0.25) is 0 Å². The lowest BCUT2D eigenvalue weighted by molar-refractivity contribution is -0.114. The summed E-state index contributed by atoms with van der Waals surface area (Å²) in [5.41, 5.74) is 7.06. The van der Waals surface area contributed by atoms with Crippen LogP contribution in [0.5, 0.6) is 0 Å². The van der Waals surface area contributed by atoms with Gasteiger partial charge in [-0.2, -0.15) is 0 Å². The molecule has 0 fully saturated rings. The lowest BCUT2D eigenvalue weighted by atomic mass is 10.2. The van der Waals surface area contributed by atoms with Crippen LogP contribution in [0.3, 0.4) is 0 Å². The van der Waals surface area contributed by atoms with Gasteiger partial charge < -0.3 is 16.4 Å². The molecule has 5 nitrogen and oxygen atoms in total. The largest absolute Gasteiger partial charge is 0.376 e. The highest BCUT2D eigenvalue weighted by Gasteiger charge is 2.03. The Morgan fingerprint density at radius 2 is 1.52 bits per heavy atom. The molecule has 6 heteroatoms. The van der Waals surface area contributed by atoms with E-state index in [1.807, 2.05) is 24.3 Å². The Kier molecular flexibility index (Phi) is 4.94. The lowest BCUT2D eigenvalue weighted by Gasteiger charge is -2.08. The summed E-state index contributed by atoms with van der Waals surface area (Å²) >= 11 is 3.33. The first-order valence-corrected chi connectivity index (χ1v) is 7.03. The minimum atomic E-state index is -0.477. The molecule has 0 aliphatic rings. The number of nitrogens with two attached hydrogens (primary N) is 1. The molecule has 0 heterocycles. The second kappa shape index (κ2) is 6.90. The summed E-state index contributed by atoms with van der Waals surface area (Å²) < 4.78 is 0.952. The maximum Gasteiger partial charge on any atom is 0.248 e. The number of carbonyl (C=O) groups excluding carboxylic acids is 2. The van der Waals surface area contributed by atoms with E-state index in [-0.39, 0.29) is 12.5 Å². The zero-order valence-corrected chi connectivity index (χ0v) is 12.7. The Labute approximate surface area is 130 Å². The molecule has 4 N–H and O–H groups in total. The first kappa shape index (κ1) is 15.1. The van der Waals surface area contributed by atoms with E-state index in [1.54, 1.807) is 24.3 Å². The summed E-state index contributed by atoms with van der Waals surface area (Å²) in [6.45, 7) is 0.131. The fourth-order valence-corrected chi connectivity index (χ4v) is 1.94. The molecular formula is C15H14BrN3O2. The van der Waals surface area contributed by atoms with Crippen LogP contribution in [0, 0.1) is 0 Å². The van der Waals surface area contributed by atoms with Crippen molar-refractivity contribution < 1.29 is 9.59 Å². The van der Waals surface area contributed by atoms with Gasteiger partial charge in [0.25, 0.3) is 0 Å². The zero-order valence-electron chi connectivity index (χ0n) is 11.1. The van der Waals surface area contributed by atoms with Crippen LogP contribution < -0.4 is 16.4 Å². The van der Waals surface area contributed by atoms with Gasteiger partial charge in [-0.1, -0.05) is 15.9 Å². The number of nitrogens with one attached hydrogen (secondary N) is 2. The molecule has 0 bridgehead atoms. The standard InChI is InChI=1S/C15H14BrN3O2/c16-11-3-7-13(8-4-11)19-14(20)9-18-12-5-1-10(2-6-12)15(17)21/h1-8,18H,9H2,(H2,17,21)(H,19,20). The van der Waals surface area contributed by atoms with Crippen molar-refractivity contribution in [2.75, 3.05) is 17.2 Å². The van der Waals surface area contributed by atoms with Crippen molar-refractivity contribution >= 4 is 39.1 Å². The SMILES string of the molecule is NC(=O)c1ccc(NCC(=O)Nc2ccc(Br)cc2)cc1. The molecule has 2 rings (SSSR count). The molecule has 21 heavy (non-hydrogen) atoms. The van der Waals surface area contributed by atoms with Gasteiger partial charge in [-0.25, -0.2) is 0 Å². The Morgan fingerprint density at radius 1 is 0.952 bits per heavy atom. The molecule has 2 aromatic carbocycles. The van der Waals surface area contributed by atoms with Crippen molar-refractivity contribution in [3.8, 4) is 0 Å². The van der Waals surface area contributed by atoms with Crippen molar-refractivity contribution in [1.29, 1.82) is 0 Å². The van der Waals surface area contributed by atoms with E-state index in [0.717, 1.165) is 15.8 Å². The van der Waals surface area contributed by atoms with E-state index in [0.29, 0.717) is 5.56 Å². The van der Waals surface area contributed by atoms with E-state index in [4.69, 9.17) is 5.73 Å². The van der Waals surface area contributed by atoms with E-state index in [9.17, 15) is 9.59 Å². The van der Waals surface area contributed by atoms with Gasteiger partial charge >= 0.3 is 0 Å². The van der Waals surface area contributed by atoms with Crippen molar-refractivity contribution in [2.24, 2.45) is 5.73 Å². The molecule has 2 aromatic rings. The summed E-state index contributed by atoms with van der Waals surface area (Å²) in [7, 11) is 0. The van der Waals surface area contributed by atoms with Gasteiger partial charge in [-0.05, 0) is 48.5 Å². The summed E-state index contributed by atoms with van der Waals surface area (Å²) in [4.78, 5) is 22.7. The monoisotopic (exact) mass is 347 g/mol. The maximum absolute atomic E-state index is 11.8. The molecule has 0 radical (unpaired) electrons. The van der Waals surface area contributed by atoms with Gasteiger partial charge in [-0.3, -0.25) is 9.59 Å². The number of halogens is 1. The number of hydrogen-bond donors (Lipinski definition) is 3. The van der Waals surface area contributed by atoms with Crippen LogP contribution in [-0.2, 0) is 4.79 Å². The average Bonchev–Trinajstić information content (AvgIpc) is 2.48. The molecule has 0 unspecified atom stereocenters. The smallest absolute Gasteiger partial charge is 0.248 e. The molecule has 0 saturated carbocycles. The van der Waals surface area contributed by atoms with Gasteiger partial charge in [0.2, 0.25) is 11.8 Å². The molecule has 0 spiro atoms. The lowest BCUT2D eigenvalue weighted by Crippen LogP contribution is -2.21. The second-order valence-electron chi connectivity index (χ2n) is 4.35.